The maximum Gasteiger partial charge on any atom is 0.270 e. The van der Waals surface area contributed by atoms with Crippen LogP contribution in [0.1, 0.15) is 11.1 Å². The van der Waals surface area contributed by atoms with E-state index in [-0.39, 0.29) is 5.91 Å². The summed E-state index contributed by atoms with van der Waals surface area (Å²) in [7, 11) is 0. The monoisotopic (exact) mass is 593 g/mol. The lowest BCUT2D eigenvalue weighted by Gasteiger charge is -2.14. The van der Waals surface area contributed by atoms with Gasteiger partial charge in [-0.25, -0.2) is 0 Å². The van der Waals surface area contributed by atoms with Crippen molar-refractivity contribution >= 4 is 89.4 Å². The van der Waals surface area contributed by atoms with Crippen molar-refractivity contribution in [3.8, 4) is 5.75 Å². The molecule has 1 amide bonds. The van der Waals surface area contributed by atoms with E-state index in [0.29, 0.717) is 26.6 Å². The highest BCUT2D eigenvalue weighted by Crippen LogP contribution is 2.38. The molecule has 0 spiro atoms. The number of hydrogen-bond acceptors (Lipinski definition) is 4. The van der Waals surface area contributed by atoms with Crippen molar-refractivity contribution in [2.75, 3.05) is 4.90 Å². The van der Waals surface area contributed by atoms with Crippen LogP contribution in [-0.4, -0.2) is 10.2 Å². The Morgan fingerprint density at radius 2 is 1.74 bits per heavy atom. The smallest absolute Gasteiger partial charge is 0.270 e. The first kappa shape index (κ1) is 22.6. The predicted molar refractivity (Wildman–Crippen MR) is 140 cm³/mol. The first-order valence-corrected chi connectivity index (χ1v) is 12.3. The minimum atomic E-state index is -0.158. The molecule has 31 heavy (non-hydrogen) atoms. The normalized spacial score (nSPS) is 15.1. The second kappa shape index (κ2) is 9.88. The molecule has 156 valence electrons. The first-order chi connectivity index (χ1) is 14.9. The molecular weight excluding hydrogens is 582 g/mol. The van der Waals surface area contributed by atoms with Gasteiger partial charge in [-0.15, -0.1) is 0 Å². The highest BCUT2D eigenvalue weighted by Gasteiger charge is 2.33. The van der Waals surface area contributed by atoms with Gasteiger partial charge in [0.1, 0.15) is 12.4 Å². The molecule has 1 aliphatic heterocycles. The van der Waals surface area contributed by atoms with E-state index < -0.39 is 0 Å². The van der Waals surface area contributed by atoms with E-state index >= 15 is 0 Å². The van der Waals surface area contributed by atoms with Crippen molar-refractivity contribution in [3.63, 3.8) is 0 Å². The van der Waals surface area contributed by atoms with Crippen molar-refractivity contribution in [3.05, 3.63) is 96.7 Å². The summed E-state index contributed by atoms with van der Waals surface area (Å²) in [6.45, 7) is 0.321. The average Bonchev–Trinajstić information content (AvgIpc) is 3.02. The SMILES string of the molecule is O=C1/C(=C\c2cc(Br)ccc2OCc2ccccc2Cl)SC(=S)N1c1ccc(Br)cc1. The molecule has 8 heteroatoms. The van der Waals surface area contributed by atoms with Gasteiger partial charge in [0.15, 0.2) is 4.32 Å². The fraction of sp³-hybridized carbons (Fsp3) is 0.0435. The van der Waals surface area contributed by atoms with Crippen LogP contribution in [0.5, 0.6) is 5.75 Å². The standard InChI is InChI=1S/C23H14Br2ClNO2S2/c24-16-5-8-18(9-6-16)27-22(28)21(31-23(27)30)12-15-11-17(25)7-10-20(15)29-13-14-3-1-2-4-19(14)26/h1-12H,13H2/b21-12+. The number of thiocarbonyl (C=S) groups is 1. The number of hydrogen-bond donors (Lipinski definition) is 0. The van der Waals surface area contributed by atoms with Gasteiger partial charge in [-0.05, 0) is 54.6 Å². The fourth-order valence-electron chi connectivity index (χ4n) is 2.96. The summed E-state index contributed by atoms with van der Waals surface area (Å²) in [5.74, 6) is 0.492. The Morgan fingerprint density at radius 3 is 2.48 bits per heavy atom. The molecule has 1 fully saturated rings. The van der Waals surface area contributed by atoms with E-state index in [4.69, 9.17) is 28.6 Å². The Balaban J connectivity index is 1.61. The van der Waals surface area contributed by atoms with Crippen molar-refractivity contribution in [2.24, 2.45) is 0 Å². The molecule has 0 aliphatic carbocycles. The third kappa shape index (κ3) is 5.23. The van der Waals surface area contributed by atoms with Crippen molar-refractivity contribution in [1.82, 2.24) is 0 Å². The van der Waals surface area contributed by atoms with Gasteiger partial charge in [0.2, 0.25) is 0 Å². The van der Waals surface area contributed by atoms with Gasteiger partial charge in [0, 0.05) is 25.1 Å². The van der Waals surface area contributed by atoms with E-state index in [0.717, 1.165) is 25.8 Å². The van der Waals surface area contributed by atoms with Crippen LogP contribution in [0.15, 0.2) is 80.6 Å². The maximum absolute atomic E-state index is 13.1. The topological polar surface area (TPSA) is 29.5 Å². The van der Waals surface area contributed by atoms with Gasteiger partial charge in [0.05, 0.1) is 10.6 Å². The molecule has 0 N–H and O–H groups in total. The van der Waals surface area contributed by atoms with Crippen LogP contribution in [-0.2, 0) is 11.4 Å². The van der Waals surface area contributed by atoms with Gasteiger partial charge in [-0.2, -0.15) is 0 Å². The largest absolute Gasteiger partial charge is 0.488 e. The van der Waals surface area contributed by atoms with E-state index in [9.17, 15) is 4.79 Å². The number of benzene rings is 3. The number of carbonyl (C=O) groups excluding carboxylic acids is 1. The zero-order chi connectivity index (χ0) is 22.0. The van der Waals surface area contributed by atoms with E-state index in [2.05, 4.69) is 31.9 Å². The lowest BCUT2D eigenvalue weighted by molar-refractivity contribution is -0.113. The average molecular weight is 596 g/mol. The quantitative estimate of drug-likeness (QED) is 0.222. The zero-order valence-electron chi connectivity index (χ0n) is 15.8. The third-order valence-corrected chi connectivity index (χ3v) is 7.17. The zero-order valence-corrected chi connectivity index (χ0v) is 21.4. The summed E-state index contributed by atoms with van der Waals surface area (Å²) in [5.41, 5.74) is 2.40. The molecule has 0 radical (unpaired) electrons. The summed E-state index contributed by atoms with van der Waals surface area (Å²) in [4.78, 5) is 15.2. The molecule has 1 aliphatic rings. The molecular formula is C23H14Br2ClNO2S2. The fourth-order valence-corrected chi connectivity index (χ4v) is 5.08. The molecule has 4 rings (SSSR count). The predicted octanol–water partition coefficient (Wildman–Crippen LogP) is 7.85. The minimum absolute atomic E-state index is 0.158. The molecule has 3 aromatic carbocycles. The van der Waals surface area contributed by atoms with Crippen LogP contribution in [0.25, 0.3) is 6.08 Å². The van der Waals surface area contributed by atoms with Crippen LogP contribution >= 0.6 is 67.4 Å². The number of carbonyl (C=O) groups is 1. The molecule has 0 aromatic heterocycles. The number of rotatable bonds is 5. The van der Waals surface area contributed by atoms with E-state index in [1.165, 1.54) is 11.8 Å². The Kier molecular flexibility index (Phi) is 7.19. The summed E-state index contributed by atoms with van der Waals surface area (Å²) >= 11 is 19.9. The lowest BCUT2D eigenvalue weighted by Crippen LogP contribution is -2.27. The number of anilines is 1. The summed E-state index contributed by atoms with van der Waals surface area (Å²) in [6.07, 6.45) is 1.81. The molecule has 0 saturated carbocycles. The lowest BCUT2D eigenvalue weighted by atomic mass is 10.1. The molecule has 3 nitrogen and oxygen atoms in total. The molecule has 3 aromatic rings. The Morgan fingerprint density at radius 1 is 1.03 bits per heavy atom. The van der Waals surface area contributed by atoms with Crippen LogP contribution in [0.3, 0.4) is 0 Å². The molecule has 1 heterocycles. The summed E-state index contributed by atoms with van der Waals surface area (Å²) < 4.78 is 8.35. The van der Waals surface area contributed by atoms with Crippen LogP contribution in [0, 0.1) is 0 Å². The summed E-state index contributed by atoms with van der Waals surface area (Å²) in [6, 6.07) is 20.7. The number of amides is 1. The van der Waals surface area contributed by atoms with Gasteiger partial charge in [0.25, 0.3) is 5.91 Å². The molecule has 0 bridgehead atoms. The molecule has 0 atom stereocenters. The Labute approximate surface area is 211 Å². The third-order valence-electron chi connectivity index (χ3n) is 4.48. The number of ether oxygens (including phenoxy) is 1. The first-order valence-electron chi connectivity index (χ1n) is 9.11. The maximum atomic E-state index is 13.1. The van der Waals surface area contributed by atoms with E-state index in [1.54, 1.807) is 4.90 Å². The van der Waals surface area contributed by atoms with Gasteiger partial charge >= 0.3 is 0 Å². The number of halogens is 3. The second-order valence-corrected chi connectivity index (χ2v) is 10.5. The Hall–Kier alpha value is -1.64. The molecule has 0 unspecified atom stereocenters. The van der Waals surface area contributed by atoms with Crippen molar-refractivity contribution in [1.29, 1.82) is 0 Å². The van der Waals surface area contributed by atoms with E-state index in [1.807, 2.05) is 72.8 Å². The van der Waals surface area contributed by atoms with Crippen LogP contribution in [0.4, 0.5) is 5.69 Å². The van der Waals surface area contributed by atoms with Gasteiger partial charge in [-0.3, -0.25) is 9.69 Å². The number of thioether (sulfide) groups is 1. The Bertz CT molecular complexity index is 1200. The van der Waals surface area contributed by atoms with Gasteiger partial charge < -0.3 is 4.74 Å². The van der Waals surface area contributed by atoms with Crippen LogP contribution < -0.4 is 9.64 Å². The molecule has 1 saturated heterocycles. The highest BCUT2D eigenvalue weighted by molar-refractivity contribution is 9.10. The van der Waals surface area contributed by atoms with Crippen LogP contribution in [0.2, 0.25) is 5.02 Å². The minimum Gasteiger partial charge on any atom is -0.488 e. The van der Waals surface area contributed by atoms with Crippen molar-refractivity contribution in [2.45, 2.75) is 6.61 Å². The second-order valence-electron chi connectivity index (χ2n) is 6.56. The van der Waals surface area contributed by atoms with Crippen molar-refractivity contribution < 1.29 is 9.53 Å². The summed E-state index contributed by atoms with van der Waals surface area (Å²) in [5, 5.41) is 0.650. The highest BCUT2D eigenvalue weighted by atomic mass is 79.9. The van der Waals surface area contributed by atoms with Gasteiger partial charge in [-0.1, -0.05) is 85.6 Å². The number of nitrogens with zero attached hydrogens (tertiary/aromatic N) is 1.